The highest BCUT2D eigenvalue weighted by Crippen LogP contribution is 2.25. The number of anilines is 1. The van der Waals surface area contributed by atoms with Crippen molar-refractivity contribution in [1.29, 1.82) is 0 Å². The number of hydrogen-bond acceptors (Lipinski definition) is 4. The lowest BCUT2D eigenvalue weighted by Crippen LogP contribution is -2.27. The molecule has 0 bridgehead atoms. The number of aromatic amines is 1. The average Bonchev–Trinajstić information content (AvgIpc) is 2.55. The van der Waals surface area contributed by atoms with Gasteiger partial charge in [0, 0.05) is 16.6 Å². The van der Waals surface area contributed by atoms with E-state index < -0.39 is 11.7 Å². The topological polar surface area (TPSA) is 84.1 Å². The number of hydrogen-bond donors (Lipinski definition) is 2. The van der Waals surface area contributed by atoms with Crippen molar-refractivity contribution in [2.24, 2.45) is 0 Å². The second-order valence-electron chi connectivity index (χ2n) is 6.65. The molecule has 1 heterocycles. The van der Waals surface area contributed by atoms with E-state index in [9.17, 15) is 9.59 Å². The number of nitrogens with zero attached hydrogens (tertiary/aromatic N) is 1. The van der Waals surface area contributed by atoms with Gasteiger partial charge in [-0.05, 0) is 39.0 Å². The third-order valence-corrected chi connectivity index (χ3v) is 3.50. The third-order valence-electron chi connectivity index (χ3n) is 3.50. The lowest BCUT2D eigenvalue weighted by atomic mass is 10.0. The summed E-state index contributed by atoms with van der Waals surface area (Å²) in [6.07, 6.45) is -0.507. The molecule has 2 aromatic carbocycles. The van der Waals surface area contributed by atoms with Crippen LogP contribution in [0.4, 0.5) is 10.5 Å². The second kappa shape index (κ2) is 6.39. The van der Waals surface area contributed by atoms with Crippen LogP contribution in [0, 0.1) is 0 Å². The molecule has 0 saturated carbocycles. The molecule has 3 rings (SSSR count). The summed E-state index contributed by atoms with van der Waals surface area (Å²) in [6.45, 7) is 5.42. The molecule has 0 spiro atoms. The first-order valence-corrected chi connectivity index (χ1v) is 7.91. The van der Waals surface area contributed by atoms with E-state index in [-0.39, 0.29) is 5.56 Å². The Bertz CT molecular complexity index is 970. The SMILES string of the molecule is CC(C)(C)OC(=O)Nc1ccc(-c2n[nH]c(=O)c3ccccc23)cc1. The van der Waals surface area contributed by atoms with Gasteiger partial charge in [-0.15, -0.1) is 0 Å². The van der Waals surface area contributed by atoms with Crippen LogP contribution in [0.1, 0.15) is 20.8 Å². The molecule has 0 aliphatic rings. The quantitative estimate of drug-likeness (QED) is 0.742. The average molecular weight is 337 g/mol. The Balaban J connectivity index is 1.88. The molecule has 0 saturated heterocycles. The van der Waals surface area contributed by atoms with E-state index in [4.69, 9.17) is 4.74 Å². The molecule has 0 aliphatic heterocycles. The van der Waals surface area contributed by atoms with Gasteiger partial charge in [-0.2, -0.15) is 5.10 Å². The summed E-state index contributed by atoms with van der Waals surface area (Å²) < 4.78 is 5.23. The molecule has 6 heteroatoms. The first-order valence-electron chi connectivity index (χ1n) is 7.91. The standard InChI is InChI=1S/C19H19N3O3/c1-19(2,3)25-18(24)20-13-10-8-12(9-11-13)16-14-6-4-5-7-15(14)17(23)22-21-16/h4-11H,1-3H3,(H,20,24)(H,22,23). The Morgan fingerprint density at radius 1 is 1.04 bits per heavy atom. The van der Waals surface area contributed by atoms with E-state index in [2.05, 4.69) is 15.5 Å². The first-order chi connectivity index (χ1) is 11.8. The summed E-state index contributed by atoms with van der Waals surface area (Å²) in [6, 6.07) is 14.5. The van der Waals surface area contributed by atoms with Gasteiger partial charge >= 0.3 is 6.09 Å². The Morgan fingerprint density at radius 3 is 2.32 bits per heavy atom. The summed E-state index contributed by atoms with van der Waals surface area (Å²) in [7, 11) is 0. The highest BCUT2D eigenvalue weighted by molar-refractivity contribution is 5.94. The number of H-pyrrole nitrogens is 1. The van der Waals surface area contributed by atoms with E-state index in [1.165, 1.54) is 0 Å². The zero-order valence-corrected chi connectivity index (χ0v) is 14.3. The van der Waals surface area contributed by atoms with Crippen LogP contribution >= 0.6 is 0 Å². The van der Waals surface area contributed by atoms with Gasteiger partial charge in [-0.3, -0.25) is 10.1 Å². The van der Waals surface area contributed by atoms with Crippen molar-refractivity contribution >= 4 is 22.6 Å². The minimum absolute atomic E-state index is 0.220. The molecule has 0 atom stereocenters. The van der Waals surface area contributed by atoms with Gasteiger partial charge < -0.3 is 4.74 Å². The molecule has 0 unspecified atom stereocenters. The number of benzene rings is 2. The molecular weight excluding hydrogens is 318 g/mol. The predicted molar refractivity (Wildman–Crippen MR) is 97.7 cm³/mol. The van der Waals surface area contributed by atoms with Gasteiger partial charge in [-0.25, -0.2) is 9.89 Å². The molecule has 0 fully saturated rings. The van der Waals surface area contributed by atoms with Crippen LogP contribution in [0.15, 0.2) is 53.3 Å². The number of fused-ring (bicyclic) bond motifs is 1. The number of carbonyl (C=O) groups excluding carboxylic acids is 1. The molecule has 1 aromatic heterocycles. The van der Waals surface area contributed by atoms with Crippen LogP contribution in [-0.4, -0.2) is 21.9 Å². The smallest absolute Gasteiger partial charge is 0.412 e. The van der Waals surface area contributed by atoms with E-state index >= 15 is 0 Å². The zero-order chi connectivity index (χ0) is 18.0. The number of rotatable bonds is 2. The lowest BCUT2D eigenvalue weighted by molar-refractivity contribution is 0.0636. The Kier molecular flexibility index (Phi) is 4.27. The van der Waals surface area contributed by atoms with Gasteiger partial charge in [0.1, 0.15) is 5.60 Å². The van der Waals surface area contributed by atoms with Crippen molar-refractivity contribution in [3.05, 3.63) is 58.9 Å². The molecule has 6 nitrogen and oxygen atoms in total. The fourth-order valence-electron chi connectivity index (χ4n) is 2.47. The van der Waals surface area contributed by atoms with Crippen molar-refractivity contribution in [1.82, 2.24) is 10.2 Å². The summed E-state index contributed by atoms with van der Waals surface area (Å²) in [5.41, 5.74) is 1.36. The Labute approximate surface area is 144 Å². The second-order valence-corrected chi connectivity index (χ2v) is 6.65. The molecule has 128 valence electrons. The van der Waals surface area contributed by atoms with Gasteiger partial charge in [0.25, 0.3) is 5.56 Å². The number of ether oxygens (including phenoxy) is 1. The van der Waals surface area contributed by atoms with Crippen molar-refractivity contribution in [2.75, 3.05) is 5.32 Å². The van der Waals surface area contributed by atoms with Crippen molar-refractivity contribution in [2.45, 2.75) is 26.4 Å². The predicted octanol–water partition coefficient (Wildman–Crippen LogP) is 3.94. The normalized spacial score (nSPS) is 11.3. The maximum atomic E-state index is 11.9. The number of nitrogens with one attached hydrogen (secondary N) is 2. The van der Waals surface area contributed by atoms with E-state index in [1.54, 1.807) is 18.2 Å². The monoisotopic (exact) mass is 337 g/mol. The fraction of sp³-hybridized carbons (Fsp3) is 0.211. The van der Waals surface area contributed by atoms with Crippen molar-refractivity contribution in [3.8, 4) is 11.3 Å². The van der Waals surface area contributed by atoms with Gasteiger partial charge in [0.05, 0.1) is 11.1 Å². The largest absolute Gasteiger partial charge is 0.444 e. The lowest BCUT2D eigenvalue weighted by Gasteiger charge is -2.19. The van der Waals surface area contributed by atoms with Gasteiger partial charge in [-0.1, -0.05) is 30.3 Å². The minimum atomic E-state index is -0.553. The summed E-state index contributed by atoms with van der Waals surface area (Å²) in [5.74, 6) is 0. The van der Waals surface area contributed by atoms with Crippen molar-refractivity contribution < 1.29 is 9.53 Å². The van der Waals surface area contributed by atoms with E-state index in [1.807, 2.05) is 51.1 Å². The molecule has 25 heavy (non-hydrogen) atoms. The minimum Gasteiger partial charge on any atom is -0.444 e. The van der Waals surface area contributed by atoms with Crippen LogP contribution in [0.25, 0.3) is 22.0 Å². The Morgan fingerprint density at radius 2 is 1.68 bits per heavy atom. The van der Waals surface area contributed by atoms with Crippen LogP contribution in [0.2, 0.25) is 0 Å². The van der Waals surface area contributed by atoms with E-state index in [0.29, 0.717) is 16.8 Å². The van der Waals surface area contributed by atoms with Crippen LogP contribution in [-0.2, 0) is 4.74 Å². The third kappa shape index (κ3) is 3.85. The maximum absolute atomic E-state index is 11.9. The molecule has 3 aromatic rings. The summed E-state index contributed by atoms with van der Waals surface area (Å²) in [4.78, 5) is 23.7. The number of aromatic nitrogens is 2. The molecule has 1 amide bonds. The summed E-state index contributed by atoms with van der Waals surface area (Å²) in [5, 5.41) is 10.7. The zero-order valence-electron chi connectivity index (χ0n) is 14.3. The van der Waals surface area contributed by atoms with Crippen LogP contribution in [0.3, 0.4) is 0 Å². The van der Waals surface area contributed by atoms with Crippen LogP contribution < -0.4 is 10.9 Å². The first kappa shape index (κ1) is 16.7. The van der Waals surface area contributed by atoms with E-state index in [0.717, 1.165) is 10.9 Å². The van der Waals surface area contributed by atoms with Crippen LogP contribution in [0.5, 0.6) is 0 Å². The van der Waals surface area contributed by atoms with Gasteiger partial charge in [0.15, 0.2) is 0 Å². The fourth-order valence-corrected chi connectivity index (χ4v) is 2.47. The molecule has 2 N–H and O–H groups in total. The van der Waals surface area contributed by atoms with Gasteiger partial charge in [0.2, 0.25) is 0 Å². The number of carbonyl (C=O) groups is 1. The highest BCUT2D eigenvalue weighted by atomic mass is 16.6. The summed E-state index contributed by atoms with van der Waals surface area (Å²) >= 11 is 0. The highest BCUT2D eigenvalue weighted by Gasteiger charge is 2.16. The van der Waals surface area contributed by atoms with Crippen molar-refractivity contribution in [3.63, 3.8) is 0 Å². The molecule has 0 radical (unpaired) electrons. The number of amides is 1. The molecular formula is C19H19N3O3. The maximum Gasteiger partial charge on any atom is 0.412 e. The Hall–Kier alpha value is -3.15. The molecule has 0 aliphatic carbocycles.